The summed E-state index contributed by atoms with van der Waals surface area (Å²) >= 11 is 5.89. The number of phenols is 1. The van der Waals surface area contributed by atoms with Crippen molar-refractivity contribution >= 4 is 51.3 Å². The Labute approximate surface area is 234 Å². The zero-order chi connectivity index (χ0) is 27.6. The molecule has 8 nitrogen and oxygen atoms in total. The largest absolute Gasteiger partial charge is 0.506 e. The number of para-hydroxylation sites is 1. The molecule has 40 heavy (non-hydrogen) atoms. The van der Waals surface area contributed by atoms with Crippen LogP contribution in [0.15, 0.2) is 84.0 Å². The lowest BCUT2D eigenvalue weighted by Crippen LogP contribution is -2.38. The molecule has 5 aromatic rings. The summed E-state index contributed by atoms with van der Waals surface area (Å²) in [6.45, 7) is 1.11. The van der Waals surface area contributed by atoms with Gasteiger partial charge in [0.1, 0.15) is 11.5 Å². The number of phenolic OH excluding ortho intramolecular Hbond substituents is 1. The van der Waals surface area contributed by atoms with Gasteiger partial charge in [0.2, 0.25) is 0 Å². The Bertz CT molecular complexity index is 1800. The molecule has 0 unspecified atom stereocenters. The first-order valence-electron chi connectivity index (χ1n) is 12.8. The molecule has 4 aromatic carbocycles. The van der Waals surface area contributed by atoms with E-state index < -0.39 is 5.91 Å². The van der Waals surface area contributed by atoms with Gasteiger partial charge in [0, 0.05) is 39.7 Å². The molecule has 3 N–H and O–H groups in total. The summed E-state index contributed by atoms with van der Waals surface area (Å²) in [7, 11) is 0. The number of H-pyrrole nitrogens is 1. The Morgan fingerprint density at radius 3 is 2.62 bits per heavy atom. The average Bonchev–Trinajstić information content (AvgIpc) is 3.35. The smallest absolute Gasteiger partial charge is 0.271 e. The highest BCUT2D eigenvalue weighted by Crippen LogP contribution is 2.30. The van der Waals surface area contributed by atoms with Gasteiger partial charge in [-0.1, -0.05) is 54.1 Å². The van der Waals surface area contributed by atoms with Gasteiger partial charge >= 0.3 is 0 Å². The Kier molecular flexibility index (Phi) is 6.84. The topological polar surface area (TPSA) is 107 Å². The van der Waals surface area contributed by atoms with Gasteiger partial charge in [-0.05, 0) is 53.8 Å². The number of carbonyl (C=O) groups is 2. The number of hydrazone groups is 1. The van der Waals surface area contributed by atoms with E-state index in [0.29, 0.717) is 18.8 Å². The third kappa shape index (κ3) is 4.97. The van der Waals surface area contributed by atoms with Crippen molar-refractivity contribution in [1.82, 2.24) is 15.3 Å². The van der Waals surface area contributed by atoms with Crippen LogP contribution in [-0.2, 0) is 17.8 Å². The van der Waals surface area contributed by atoms with Gasteiger partial charge < -0.3 is 19.7 Å². The van der Waals surface area contributed by atoms with Crippen molar-refractivity contribution in [2.45, 2.75) is 13.0 Å². The van der Waals surface area contributed by atoms with E-state index in [9.17, 15) is 14.7 Å². The van der Waals surface area contributed by atoms with Crippen LogP contribution in [0.1, 0.15) is 27.2 Å². The number of benzene rings is 4. The highest BCUT2D eigenvalue weighted by atomic mass is 35.5. The van der Waals surface area contributed by atoms with Crippen LogP contribution < -0.4 is 10.2 Å². The minimum Gasteiger partial charge on any atom is -0.506 e. The number of nitrogens with one attached hydrogen (secondary N) is 2. The maximum absolute atomic E-state index is 13.1. The predicted molar refractivity (Wildman–Crippen MR) is 155 cm³/mol. The summed E-state index contributed by atoms with van der Waals surface area (Å²) < 4.78 is 6.01. The lowest BCUT2D eigenvalue weighted by Gasteiger charge is -2.27. The highest BCUT2D eigenvalue weighted by Gasteiger charge is 2.24. The molecule has 0 spiro atoms. The normalized spacial score (nSPS) is 13.1. The molecule has 2 amide bonds. The number of carbonyl (C=O) groups excluding carboxylic acids is 2. The zero-order valence-corrected chi connectivity index (χ0v) is 22.1. The maximum atomic E-state index is 13.1. The summed E-state index contributed by atoms with van der Waals surface area (Å²) in [6, 6.07) is 23.7. The fourth-order valence-electron chi connectivity index (χ4n) is 5.04. The monoisotopic (exact) mass is 552 g/mol. The number of aromatic hydroxyl groups is 1. The van der Waals surface area contributed by atoms with E-state index in [4.69, 9.17) is 16.3 Å². The van der Waals surface area contributed by atoms with Crippen LogP contribution in [0.25, 0.3) is 21.7 Å². The summed E-state index contributed by atoms with van der Waals surface area (Å²) in [5, 5.41) is 16.6. The minimum absolute atomic E-state index is 0.0712. The van der Waals surface area contributed by atoms with Gasteiger partial charge in [0.05, 0.1) is 17.8 Å². The SMILES string of the molecule is O=C(NN=Cc1ccc(OCC(=O)N2CCc3c([nH]c4ccccc34)C2)c2ccccc12)c1ccc(O)c(Cl)c1. The molecule has 0 radical (unpaired) electrons. The van der Waals surface area contributed by atoms with Crippen molar-refractivity contribution in [3.8, 4) is 11.5 Å². The summed E-state index contributed by atoms with van der Waals surface area (Å²) in [5.41, 5.74) is 6.97. The summed E-state index contributed by atoms with van der Waals surface area (Å²) in [5.74, 6) is -0.0436. The molecule has 1 aliphatic rings. The van der Waals surface area contributed by atoms with Gasteiger partial charge in [-0.15, -0.1) is 0 Å². The number of fused-ring (bicyclic) bond motifs is 4. The quantitative estimate of drug-likeness (QED) is 0.193. The van der Waals surface area contributed by atoms with Crippen molar-refractivity contribution in [2.24, 2.45) is 5.10 Å². The number of hydrogen-bond donors (Lipinski definition) is 3. The predicted octanol–water partition coefficient (Wildman–Crippen LogP) is 5.41. The number of aromatic nitrogens is 1. The van der Waals surface area contributed by atoms with Gasteiger partial charge in [-0.2, -0.15) is 5.10 Å². The molecule has 6 rings (SSSR count). The van der Waals surface area contributed by atoms with E-state index in [1.54, 1.807) is 12.3 Å². The second-order valence-electron chi connectivity index (χ2n) is 9.55. The zero-order valence-electron chi connectivity index (χ0n) is 21.4. The lowest BCUT2D eigenvalue weighted by atomic mass is 10.0. The number of aromatic amines is 1. The minimum atomic E-state index is -0.460. The van der Waals surface area contributed by atoms with E-state index in [1.807, 2.05) is 47.4 Å². The third-order valence-electron chi connectivity index (χ3n) is 7.08. The summed E-state index contributed by atoms with van der Waals surface area (Å²) in [4.78, 5) is 30.7. The number of nitrogens with zero attached hydrogens (tertiary/aromatic N) is 2. The Morgan fingerprint density at radius 2 is 1.80 bits per heavy atom. The van der Waals surface area contributed by atoms with E-state index >= 15 is 0 Å². The molecule has 0 saturated heterocycles. The number of halogens is 1. The molecule has 200 valence electrons. The van der Waals surface area contributed by atoms with Crippen molar-refractivity contribution in [3.05, 3.63) is 106 Å². The number of hydrogen-bond acceptors (Lipinski definition) is 5. The van der Waals surface area contributed by atoms with E-state index in [2.05, 4.69) is 27.6 Å². The number of rotatable bonds is 6. The van der Waals surface area contributed by atoms with E-state index in [1.165, 1.54) is 29.1 Å². The fourth-order valence-corrected chi connectivity index (χ4v) is 5.22. The first-order valence-corrected chi connectivity index (χ1v) is 13.2. The van der Waals surface area contributed by atoms with Gasteiger partial charge in [0.15, 0.2) is 6.61 Å². The van der Waals surface area contributed by atoms with Crippen LogP contribution in [0.4, 0.5) is 0 Å². The summed E-state index contributed by atoms with van der Waals surface area (Å²) in [6.07, 6.45) is 2.35. The highest BCUT2D eigenvalue weighted by molar-refractivity contribution is 6.32. The van der Waals surface area contributed by atoms with Gasteiger partial charge in [0.25, 0.3) is 11.8 Å². The second kappa shape index (κ2) is 10.7. The Hall–Kier alpha value is -4.82. The molecule has 2 heterocycles. The van der Waals surface area contributed by atoms with Crippen molar-refractivity contribution in [1.29, 1.82) is 0 Å². The van der Waals surface area contributed by atoms with Crippen LogP contribution in [0, 0.1) is 0 Å². The van der Waals surface area contributed by atoms with Crippen LogP contribution >= 0.6 is 11.6 Å². The fraction of sp³-hybridized carbons (Fsp3) is 0.129. The maximum Gasteiger partial charge on any atom is 0.271 e. The number of amides is 2. The Balaban J connectivity index is 1.13. The van der Waals surface area contributed by atoms with Crippen LogP contribution in [0.5, 0.6) is 11.5 Å². The molecule has 1 aromatic heterocycles. The molecule has 0 saturated carbocycles. The molecule has 0 fully saturated rings. The molecule has 1 aliphatic heterocycles. The second-order valence-corrected chi connectivity index (χ2v) is 9.95. The molecule has 0 aliphatic carbocycles. The lowest BCUT2D eigenvalue weighted by molar-refractivity contribution is -0.134. The van der Waals surface area contributed by atoms with Crippen molar-refractivity contribution < 1.29 is 19.4 Å². The van der Waals surface area contributed by atoms with Gasteiger partial charge in [-0.25, -0.2) is 5.43 Å². The molecular formula is C31H25ClN4O4. The van der Waals surface area contributed by atoms with Gasteiger partial charge in [-0.3, -0.25) is 9.59 Å². The van der Waals surface area contributed by atoms with Crippen LogP contribution in [-0.4, -0.2) is 46.2 Å². The first-order chi connectivity index (χ1) is 19.5. The van der Waals surface area contributed by atoms with Crippen LogP contribution in [0.2, 0.25) is 5.02 Å². The van der Waals surface area contributed by atoms with Crippen molar-refractivity contribution in [2.75, 3.05) is 13.2 Å². The van der Waals surface area contributed by atoms with E-state index in [-0.39, 0.29) is 28.8 Å². The van der Waals surface area contributed by atoms with E-state index in [0.717, 1.165) is 34.0 Å². The average molecular weight is 553 g/mol. The first kappa shape index (κ1) is 25.5. The van der Waals surface area contributed by atoms with Crippen molar-refractivity contribution in [3.63, 3.8) is 0 Å². The standard InChI is InChI=1S/C31H25ClN4O4/c32-25-15-19(9-11-28(25)37)31(39)35-33-16-20-10-12-29(24-7-2-1-5-21(20)24)40-18-30(38)36-14-13-23-22-6-3-4-8-26(22)34-27(23)17-36/h1-12,15-16,34,37H,13-14,17-18H2,(H,35,39). The molecule has 9 heteroatoms. The molecular weight excluding hydrogens is 528 g/mol. The van der Waals surface area contributed by atoms with Crippen LogP contribution in [0.3, 0.4) is 0 Å². The molecule has 0 bridgehead atoms. The third-order valence-corrected chi connectivity index (χ3v) is 7.39. The number of ether oxygens (including phenoxy) is 1. The Morgan fingerprint density at radius 1 is 1.02 bits per heavy atom. The molecule has 0 atom stereocenters.